The topological polar surface area (TPSA) is 35.5 Å². The molecule has 0 fully saturated rings. The van der Waals surface area contributed by atoms with E-state index in [1.165, 1.54) is 0 Å². The standard InChI is InChI=1S/C27H22O3/c1-29-23-15-11-20(12-16-23)19-7-9-22(10-8-19)27(28)26-6-4-3-5-25(26)21-13-17-24(30-2)18-14-21/h3-18H,1-2H3. The van der Waals surface area contributed by atoms with Crippen molar-refractivity contribution in [3.63, 3.8) is 0 Å². The molecule has 0 aromatic heterocycles. The van der Waals surface area contributed by atoms with Gasteiger partial charge in [-0.15, -0.1) is 0 Å². The molecule has 3 heteroatoms. The molecule has 3 nitrogen and oxygen atoms in total. The van der Waals surface area contributed by atoms with Crippen LogP contribution in [0.25, 0.3) is 22.3 Å². The van der Waals surface area contributed by atoms with Gasteiger partial charge < -0.3 is 9.47 Å². The lowest BCUT2D eigenvalue weighted by molar-refractivity contribution is 0.103. The van der Waals surface area contributed by atoms with E-state index >= 15 is 0 Å². The van der Waals surface area contributed by atoms with Gasteiger partial charge in [0.2, 0.25) is 0 Å². The normalized spacial score (nSPS) is 10.5. The van der Waals surface area contributed by atoms with Crippen molar-refractivity contribution in [3.8, 4) is 33.8 Å². The average Bonchev–Trinajstić information content (AvgIpc) is 2.84. The van der Waals surface area contributed by atoms with Crippen LogP contribution in [-0.4, -0.2) is 20.0 Å². The highest BCUT2D eigenvalue weighted by atomic mass is 16.5. The Balaban J connectivity index is 1.63. The third-order valence-corrected chi connectivity index (χ3v) is 5.14. The van der Waals surface area contributed by atoms with E-state index in [-0.39, 0.29) is 5.78 Å². The van der Waals surface area contributed by atoms with Gasteiger partial charge in [-0.1, -0.05) is 72.8 Å². The lowest BCUT2D eigenvalue weighted by Gasteiger charge is -2.10. The molecular weight excluding hydrogens is 372 g/mol. The van der Waals surface area contributed by atoms with Crippen LogP contribution in [0.5, 0.6) is 11.5 Å². The average molecular weight is 394 g/mol. The number of ketones is 1. The fourth-order valence-electron chi connectivity index (χ4n) is 3.46. The molecule has 0 aliphatic rings. The van der Waals surface area contributed by atoms with Gasteiger partial charge in [0.25, 0.3) is 0 Å². The Morgan fingerprint density at radius 2 is 1.03 bits per heavy atom. The summed E-state index contributed by atoms with van der Waals surface area (Å²) in [5.74, 6) is 1.61. The zero-order chi connectivity index (χ0) is 20.9. The predicted molar refractivity (Wildman–Crippen MR) is 120 cm³/mol. The summed E-state index contributed by atoms with van der Waals surface area (Å²) in [5, 5.41) is 0. The van der Waals surface area contributed by atoms with E-state index in [0.717, 1.165) is 33.8 Å². The molecule has 0 heterocycles. The quantitative estimate of drug-likeness (QED) is 0.362. The molecule has 0 saturated heterocycles. The Hall–Kier alpha value is -3.85. The molecule has 148 valence electrons. The smallest absolute Gasteiger partial charge is 0.193 e. The summed E-state index contributed by atoms with van der Waals surface area (Å²) in [6, 6.07) is 31.0. The molecule has 0 amide bonds. The molecule has 0 saturated carbocycles. The van der Waals surface area contributed by atoms with Gasteiger partial charge in [-0.05, 0) is 46.5 Å². The summed E-state index contributed by atoms with van der Waals surface area (Å²) in [6.45, 7) is 0. The zero-order valence-electron chi connectivity index (χ0n) is 17.0. The van der Waals surface area contributed by atoms with Crippen LogP contribution in [-0.2, 0) is 0 Å². The number of methoxy groups -OCH3 is 2. The van der Waals surface area contributed by atoms with Crippen molar-refractivity contribution in [1.82, 2.24) is 0 Å². The Bertz CT molecular complexity index is 1140. The first-order chi connectivity index (χ1) is 14.7. The van der Waals surface area contributed by atoms with Crippen molar-refractivity contribution in [1.29, 1.82) is 0 Å². The van der Waals surface area contributed by atoms with Crippen molar-refractivity contribution in [2.45, 2.75) is 0 Å². The van der Waals surface area contributed by atoms with E-state index in [1.807, 2.05) is 97.1 Å². The molecular formula is C27H22O3. The van der Waals surface area contributed by atoms with Crippen molar-refractivity contribution in [2.75, 3.05) is 14.2 Å². The third-order valence-electron chi connectivity index (χ3n) is 5.14. The summed E-state index contributed by atoms with van der Waals surface area (Å²) in [4.78, 5) is 13.3. The Kier molecular flexibility index (Phi) is 5.62. The molecule has 0 atom stereocenters. The van der Waals surface area contributed by atoms with Gasteiger partial charge in [-0.2, -0.15) is 0 Å². The molecule has 4 rings (SSSR count). The lowest BCUT2D eigenvalue weighted by atomic mass is 9.93. The van der Waals surface area contributed by atoms with E-state index in [4.69, 9.17) is 9.47 Å². The Labute approximate surface area is 176 Å². The van der Waals surface area contributed by atoms with Gasteiger partial charge in [0.15, 0.2) is 5.78 Å². The summed E-state index contributed by atoms with van der Waals surface area (Å²) in [7, 11) is 3.29. The summed E-state index contributed by atoms with van der Waals surface area (Å²) < 4.78 is 10.5. The van der Waals surface area contributed by atoms with Crippen molar-refractivity contribution in [2.24, 2.45) is 0 Å². The van der Waals surface area contributed by atoms with E-state index in [9.17, 15) is 4.79 Å². The molecule has 0 aliphatic heterocycles. The fourth-order valence-corrected chi connectivity index (χ4v) is 3.46. The largest absolute Gasteiger partial charge is 0.497 e. The summed E-state index contributed by atoms with van der Waals surface area (Å²) in [6.07, 6.45) is 0. The van der Waals surface area contributed by atoms with Crippen molar-refractivity contribution < 1.29 is 14.3 Å². The van der Waals surface area contributed by atoms with Crippen LogP contribution < -0.4 is 9.47 Å². The summed E-state index contributed by atoms with van der Waals surface area (Å²) in [5.41, 5.74) is 5.36. The molecule has 4 aromatic carbocycles. The van der Waals surface area contributed by atoms with Gasteiger partial charge >= 0.3 is 0 Å². The van der Waals surface area contributed by atoms with Crippen LogP contribution >= 0.6 is 0 Å². The number of ether oxygens (including phenoxy) is 2. The number of benzene rings is 4. The first-order valence-corrected chi connectivity index (χ1v) is 9.72. The molecule has 0 bridgehead atoms. The SMILES string of the molecule is COc1ccc(-c2ccc(C(=O)c3ccccc3-c3ccc(OC)cc3)cc2)cc1. The number of rotatable bonds is 6. The molecule has 0 N–H and O–H groups in total. The first-order valence-electron chi connectivity index (χ1n) is 9.72. The van der Waals surface area contributed by atoms with Crippen LogP contribution in [0, 0.1) is 0 Å². The van der Waals surface area contributed by atoms with Crippen LogP contribution in [0.4, 0.5) is 0 Å². The van der Waals surface area contributed by atoms with Gasteiger partial charge in [0.05, 0.1) is 14.2 Å². The van der Waals surface area contributed by atoms with Crippen LogP contribution in [0.2, 0.25) is 0 Å². The molecule has 0 radical (unpaired) electrons. The van der Waals surface area contributed by atoms with Crippen LogP contribution in [0.15, 0.2) is 97.1 Å². The highest BCUT2D eigenvalue weighted by Gasteiger charge is 2.15. The van der Waals surface area contributed by atoms with E-state index < -0.39 is 0 Å². The molecule has 0 unspecified atom stereocenters. The Morgan fingerprint density at radius 3 is 1.57 bits per heavy atom. The molecule has 0 spiro atoms. The van der Waals surface area contributed by atoms with Crippen molar-refractivity contribution in [3.05, 3.63) is 108 Å². The zero-order valence-corrected chi connectivity index (χ0v) is 17.0. The maximum atomic E-state index is 13.3. The second-order valence-electron chi connectivity index (χ2n) is 6.91. The van der Waals surface area contributed by atoms with E-state index in [0.29, 0.717) is 11.1 Å². The minimum Gasteiger partial charge on any atom is -0.497 e. The third kappa shape index (κ3) is 3.96. The van der Waals surface area contributed by atoms with Crippen LogP contribution in [0.3, 0.4) is 0 Å². The first kappa shape index (κ1) is 19.5. The maximum Gasteiger partial charge on any atom is 0.193 e. The minimum atomic E-state index is 0.00250. The monoisotopic (exact) mass is 394 g/mol. The highest BCUT2D eigenvalue weighted by molar-refractivity contribution is 6.13. The molecule has 0 aliphatic carbocycles. The molecule has 4 aromatic rings. The second kappa shape index (κ2) is 8.66. The maximum absolute atomic E-state index is 13.3. The van der Waals surface area contributed by atoms with Gasteiger partial charge in [0.1, 0.15) is 11.5 Å². The number of carbonyl (C=O) groups excluding carboxylic acids is 1. The van der Waals surface area contributed by atoms with Crippen molar-refractivity contribution >= 4 is 5.78 Å². The number of hydrogen-bond acceptors (Lipinski definition) is 3. The van der Waals surface area contributed by atoms with Gasteiger partial charge in [-0.25, -0.2) is 0 Å². The van der Waals surface area contributed by atoms with Gasteiger partial charge in [0, 0.05) is 11.1 Å². The molecule has 30 heavy (non-hydrogen) atoms. The summed E-state index contributed by atoms with van der Waals surface area (Å²) >= 11 is 0. The van der Waals surface area contributed by atoms with Gasteiger partial charge in [-0.3, -0.25) is 4.79 Å². The predicted octanol–water partition coefficient (Wildman–Crippen LogP) is 6.27. The van der Waals surface area contributed by atoms with E-state index in [1.54, 1.807) is 14.2 Å². The van der Waals surface area contributed by atoms with E-state index in [2.05, 4.69) is 0 Å². The Morgan fingerprint density at radius 1 is 0.567 bits per heavy atom. The minimum absolute atomic E-state index is 0.00250. The van der Waals surface area contributed by atoms with Crippen LogP contribution in [0.1, 0.15) is 15.9 Å². The number of hydrogen-bond donors (Lipinski definition) is 0. The number of carbonyl (C=O) groups is 1. The lowest BCUT2D eigenvalue weighted by Crippen LogP contribution is -2.03. The second-order valence-corrected chi connectivity index (χ2v) is 6.91. The fraction of sp³-hybridized carbons (Fsp3) is 0.0741. The highest BCUT2D eigenvalue weighted by Crippen LogP contribution is 2.28.